The van der Waals surface area contributed by atoms with Crippen molar-refractivity contribution in [2.24, 2.45) is 0 Å². The largest absolute Gasteiger partial charge is 0.448 e. The Morgan fingerprint density at radius 3 is 2.48 bits per heavy atom. The monoisotopic (exact) mass is 639 g/mol. The van der Waals surface area contributed by atoms with E-state index in [1.54, 1.807) is 41.7 Å². The van der Waals surface area contributed by atoms with E-state index in [1.165, 1.54) is 24.3 Å². The molecule has 0 spiro atoms. The topological polar surface area (TPSA) is 88.7 Å². The van der Waals surface area contributed by atoms with Crippen molar-refractivity contribution in [3.63, 3.8) is 0 Å². The molecule has 0 radical (unpaired) electrons. The number of alkyl halides is 3. The number of hydrogen-bond acceptors (Lipinski definition) is 5. The molecule has 1 aliphatic heterocycles. The van der Waals surface area contributed by atoms with E-state index >= 15 is 0 Å². The number of rotatable bonds is 11. The number of carbonyl (C=O) groups is 2. The summed E-state index contributed by atoms with van der Waals surface area (Å²) >= 11 is 6.19. The Labute approximate surface area is 256 Å². The minimum atomic E-state index is -4.54. The van der Waals surface area contributed by atoms with Gasteiger partial charge in [-0.2, -0.15) is 13.2 Å². The Kier molecular flexibility index (Phi) is 11.5. The Morgan fingerprint density at radius 2 is 1.80 bits per heavy atom. The molecule has 2 amide bonds. The highest BCUT2D eigenvalue weighted by molar-refractivity contribution is 6.30. The Bertz CT molecular complexity index is 1420. The number of halogens is 6. The number of benzene rings is 3. The van der Waals surface area contributed by atoms with E-state index in [0.717, 1.165) is 11.1 Å². The van der Waals surface area contributed by atoms with Gasteiger partial charge in [0, 0.05) is 35.2 Å². The van der Waals surface area contributed by atoms with Gasteiger partial charge in [0.1, 0.15) is 24.8 Å². The predicted molar refractivity (Wildman–Crippen MR) is 155 cm³/mol. The van der Waals surface area contributed by atoms with E-state index in [-0.39, 0.29) is 38.1 Å². The van der Waals surface area contributed by atoms with Crippen LogP contribution in [0.15, 0.2) is 66.7 Å². The van der Waals surface area contributed by atoms with Gasteiger partial charge in [-0.25, -0.2) is 13.6 Å². The molecule has 44 heavy (non-hydrogen) atoms. The molecule has 0 unspecified atom stereocenters. The first-order valence-corrected chi connectivity index (χ1v) is 14.2. The zero-order valence-electron chi connectivity index (χ0n) is 23.4. The molecule has 1 saturated heterocycles. The van der Waals surface area contributed by atoms with Gasteiger partial charge in [-0.05, 0) is 60.4 Å². The van der Waals surface area contributed by atoms with Crippen molar-refractivity contribution in [2.75, 3.05) is 31.6 Å². The molecule has 0 aliphatic carbocycles. The number of nitrogens with one attached hydrogen (secondary N) is 3. The summed E-state index contributed by atoms with van der Waals surface area (Å²) in [6.45, 7) is -1.20. The van der Waals surface area contributed by atoms with Gasteiger partial charge >= 0.3 is 12.3 Å². The molecule has 7 nitrogen and oxygen atoms in total. The number of morpholine rings is 1. The van der Waals surface area contributed by atoms with Gasteiger partial charge in [0.2, 0.25) is 5.91 Å². The van der Waals surface area contributed by atoms with Gasteiger partial charge in [0.15, 0.2) is 0 Å². The van der Waals surface area contributed by atoms with E-state index in [9.17, 15) is 31.5 Å². The highest BCUT2D eigenvalue weighted by Gasteiger charge is 2.29. The molecule has 1 heterocycles. The number of alkyl carbamates (subject to hydrolysis) is 1. The first kappa shape index (κ1) is 33.2. The third-order valence-electron chi connectivity index (χ3n) is 7.04. The lowest BCUT2D eigenvalue weighted by Gasteiger charge is -2.30. The molecule has 3 N–H and O–H groups in total. The lowest BCUT2D eigenvalue weighted by Crippen LogP contribution is -2.49. The minimum Gasteiger partial charge on any atom is -0.448 e. The van der Waals surface area contributed by atoms with Crippen LogP contribution in [-0.2, 0) is 20.7 Å². The van der Waals surface area contributed by atoms with Crippen molar-refractivity contribution >= 4 is 29.3 Å². The van der Waals surface area contributed by atoms with Crippen LogP contribution in [0, 0.1) is 11.6 Å². The third kappa shape index (κ3) is 10.2. The van der Waals surface area contributed by atoms with E-state index in [2.05, 4.69) is 10.6 Å². The lowest BCUT2D eigenvalue weighted by molar-refractivity contribution is -0.124. The maximum absolute atomic E-state index is 14.9. The Morgan fingerprint density at radius 1 is 1.05 bits per heavy atom. The van der Waals surface area contributed by atoms with Crippen molar-refractivity contribution in [1.82, 2.24) is 10.6 Å². The summed E-state index contributed by atoms with van der Waals surface area (Å²) < 4.78 is 75.7. The normalized spacial score (nSPS) is 17.5. The maximum atomic E-state index is 14.9. The second kappa shape index (κ2) is 15.3. The fourth-order valence-electron chi connectivity index (χ4n) is 4.83. The summed E-state index contributed by atoms with van der Waals surface area (Å²) in [5.41, 5.74) is 2.11. The highest BCUT2D eigenvalue weighted by Crippen LogP contribution is 2.31. The zero-order chi connectivity index (χ0) is 31.7. The molecule has 3 atom stereocenters. The van der Waals surface area contributed by atoms with Gasteiger partial charge in [-0.1, -0.05) is 41.9 Å². The molecule has 0 saturated carbocycles. The number of amides is 2. The fourth-order valence-corrected chi connectivity index (χ4v) is 5.03. The van der Waals surface area contributed by atoms with Gasteiger partial charge in [0.05, 0.1) is 18.8 Å². The zero-order valence-corrected chi connectivity index (χ0v) is 24.2. The summed E-state index contributed by atoms with van der Waals surface area (Å²) in [7, 11) is 0. The van der Waals surface area contributed by atoms with Crippen LogP contribution >= 0.6 is 11.6 Å². The van der Waals surface area contributed by atoms with Crippen molar-refractivity contribution in [3.8, 4) is 0 Å². The lowest BCUT2D eigenvalue weighted by atomic mass is 9.88. The van der Waals surface area contributed by atoms with Crippen LogP contribution in [-0.4, -0.2) is 56.6 Å². The molecule has 1 fully saturated rings. The average molecular weight is 640 g/mol. The molecule has 0 bridgehead atoms. The minimum absolute atomic E-state index is 0.00469. The predicted octanol–water partition coefficient (Wildman–Crippen LogP) is 6.36. The van der Waals surface area contributed by atoms with Crippen molar-refractivity contribution in [3.05, 3.63) is 100 Å². The second-order valence-corrected chi connectivity index (χ2v) is 10.8. The molecule has 4 rings (SSSR count). The highest BCUT2D eigenvalue weighted by atomic mass is 35.5. The summed E-state index contributed by atoms with van der Waals surface area (Å²) in [5, 5.41) is 8.05. The Balaban J connectivity index is 1.32. The van der Waals surface area contributed by atoms with E-state index in [0.29, 0.717) is 29.2 Å². The van der Waals surface area contributed by atoms with Gasteiger partial charge in [-0.3, -0.25) is 4.79 Å². The van der Waals surface area contributed by atoms with Crippen molar-refractivity contribution < 1.29 is 41.0 Å². The molecule has 1 aliphatic rings. The molecule has 236 valence electrons. The Hall–Kier alpha value is -3.74. The summed E-state index contributed by atoms with van der Waals surface area (Å²) in [6.07, 6.45) is -5.41. The molecule has 3 aromatic carbocycles. The van der Waals surface area contributed by atoms with Crippen LogP contribution in [0.1, 0.15) is 35.4 Å². The van der Waals surface area contributed by atoms with Crippen LogP contribution in [0.4, 0.5) is 32.4 Å². The van der Waals surface area contributed by atoms with Crippen LogP contribution in [0.3, 0.4) is 0 Å². The average Bonchev–Trinajstić information content (AvgIpc) is 2.98. The smallest absolute Gasteiger partial charge is 0.407 e. The second-order valence-electron chi connectivity index (χ2n) is 10.3. The number of carbonyl (C=O) groups excluding carboxylic acids is 2. The van der Waals surface area contributed by atoms with Crippen LogP contribution in [0.5, 0.6) is 0 Å². The number of anilines is 1. The van der Waals surface area contributed by atoms with Crippen molar-refractivity contribution in [1.29, 1.82) is 0 Å². The van der Waals surface area contributed by atoms with E-state index in [1.807, 2.05) is 6.07 Å². The fraction of sp³-hybridized carbons (Fsp3) is 0.355. The third-order valence-corrected chi connectivity index (χ3v) is 7.27. The van der Waals surface area contributed by atoms with Gasteiger partial charge in [-0.15, -0.1) is 0 Å². The van der Waals surface area contributed by atoms with Crippen LogP contribution in [0.2, 0.25) is 5.02 Å². The first-order valence-electron chi connectivity index (χ1n) is 13.9. The van der Waals surface area contributed by atoms with Gasteiger partial charge < -0.3 is 25.4 Å². The summed E-state index contributed by atoms with van der Waals surface area (Å²) in [4.78, 5) is 24.7. The maximum Gasteiger partial charge on any atom is 0.407 e. The molecule has 0 aromatic heterocycles. The number of hydrogen-bond donors (Lipinski definition) is 3. The van der Waals surface area contributed by atoms with Crippen LogP contribution in [0.25, 0.3) is 0 Å². The molecular formula is C31H31ClF5N3O4. The quantitative estimate of drug-likeness (QED) is 0.213. The molecule has 13 heteroatoms. The first-order chi connectivity index (χ1) is 21.0. The summed E-state index contributed by atoms with van der Waals surface area (Å²) in [5.74, 6) is -1.70. The van der Waals surface area contributed by atoms with Crippen LogP contribution < -0.4 is 16.0 Å². The molecule has 3 aromatic rings. The summed E-state index contributed by atoms with van der Waals surface area (Å²) in [6, 6.07) is 16.9. The SMILES string of the molecule is O=C(C[C@H](c1ccc(F)cc1)c1cccc(Cl)c1)Nc1cccc(F)c1CC[C@@H]1CN[C@H](COC(=O)NCC(F)(F)F)CO1. The molecular weight excluding hydrogens is 609 g/mol. The van der Waals surface area contributed by atoms with Gasteiger partial charge in [0.25, 0.3) is 0 Å². The van der Waals surface area contributed by atoms with E-state index in [4.69, 9.17) is 21.1 Å². The van der Waals surface area contributed by atoms with Crippen molar-refractivity contribution in [2.45, 2.75) is 43.5 Å². The number of ether oxygens (including phenoxy) is 2. The standard InChI is InChI=1S/C31H31ClF5N3O4/c32-21-4-1-3-20(13-21)26(19-7-9-22(33)10-8-19)14-29(41)40-28-6-2-5-27(34)25(28)12-11-24-15-38-23(16-43-24)17-44-30(42)39-18-31(35,36)37/h1-10,13,23-24,26,38H,11-12,14-18H2,(H,39,42)(H,40,41)/t23-,24+,26+/m0/s1. The van der Waals surface area contributed by atoms with E-state index < -0.39 is 42.4 Å².